The molecule has 1 N–H and O–H groups in total. The van der Waals surface area contributed by atoms with Gasteiger partial charge in [0.15, 0.2) is 17.1 Å². The molecular formula is C25H31ClO7S. The van der Waals surface area contributed by atoms with E-state index in [1.165, 1.54) is 51.0 Å². The molecular weight excluding hydrogens is 480 g/mol. The highest BCUT2D eigenvalue weighted by Crippen LogP contribution is 2.39. The first kappa shape index (κ1) is 26.3. The van der Waals surface area contributed by atoms with Gasteiger partial charge < -0.3 is 13.3 Å². The Bertz CT molecular complexity index is 1270. The van der Waals surface area contributed by atoms with Gasteiger partial charge in [0.25, 0.3) is 0 Å². The molecule has 2 aromatic carbocycles. The Hall–Kier alpha value is -2.29. The Kier molecular flexibility index (Phi) is 9.62. The van der Waals surface area contributed by atoms with Crippen molar-refractivity contribution < 1.29 is 26.3 Å². The first-order valence-corrected chi connectivity index (χ1v) is 13.5. The van der Waals surface area contributed by atoms with Crippen LogP contribution in [0, 0.1) is 0 Å². The van der Waals surface area contributed by atoms with E-state index >= 15 is 0 Å². The smallest absolute Gasteiger partial charge is 0.446 e. The van der Waals surface area contributed by atoms with Crippen LogP contribution in [0.15, 0.2) is 39.5 Å². The van der Waals surface area contributed by atoms with Gasteiger partial charge in [-0.2, -0.15) is 8.42 Å². The lowest BCUT2D eigenvalue weighted by Gasteiger charge is -2.13. The molecule has 0 aliphatic carbocycles. The summed E-state index contributed by atoms with van der Waals surface area (Å²) in [6.07, 6.45) is 11.8. The second-order valence-electron chi connectivity index (χ2n) is 8.36. The van der Waals surface area contributed by atoms with E-state index in [4.69, 9.17) is 25.3 Å². The second-order valence-corrected chi connectivity index (χ2v) is 9.76. The largest absolute Gasteiger partial charge is 0.490 e. The number of hydrogen-bond acceptors (Lipinski definition) is 6. The van der Waals surface area contributed by atoms with Gasteiger partial charge >= 0.3 is 10.4 Å². The van der Waals surface area contributed by atoms with Gasteiger partial charge in [0.05, 0.1) is 22.4 Å². The summed E-state index contributed by atoms with van der Waals surface area (Å²) in [5.41, 5.74) is -0.00167. The molecule has 0 fully saturated rings. The fourth-order valence-corrected chi connectivity index (χ4v) is 4.61. The SMILES string of the molecule is CCCCCCCCCCCCOc1cc(OS(=O)(=O)O)c(Cl)c2c(=O)c3ccccc3oc12. The van der Waals surface area contributed by atoms with Crippen LogP contribution in [0.4, 0.5) is 0 Å². The van der Waals surface area contributed by atoms with Gasteiger partial charge in [-0.05, 0) is 18.6 Å². The van der Waals surface area contributed by atoms with E-state index in [0.29, 0.717) is 12.2 Å². The van der Waals surface area contributed by atoms with Crippen molar-refractivity contribution in [3.63, 3.8) is 0 Å². The minimum atomic E-state index is -4.86. The number of fused-ring (bicyclic) bond motifs is 2. The summed E-state index contributed by atoms with van der Waals surface area (Å²) in [6.45, 7) is 2.56. The van der Waals surface area contributed by atoms with Gasteiger partial charge in [-0.15, -0.1) is 0 Å². The summed E-state index contributed by atoms with van der Waals surface area (Å²) in [5, 5.41) is -0.0699. The highest BCUT2D eigenvalue weighted by molar-refractivity contribution is 7.81. The van der Waals surface area contributed by atoms with E-state index in [-0.39, 0.29) is 27.1 Å². The Morgan fingerprint density at radius 3 is 2.21 bits per heavy atom. The highest BCUT2D eigenvalue weighted by Gasteiger charge is 2.22. The number of rotatable bonds is 14. The van der Waals surface area contributed by atoms with Gasteiger partial charge in [0.2, 0.25) is 5.43 Å². The molecule has 3 rings (SSSR count). The molecule has 186 valence electrons. The van der Waals surface area contributed by atoms with Crippen molar-refractivity contribution in [2.45, 2.75) is 71.1 Å². The van der Waals surface area contributed by atoms with Crippen molar-refractivity contribution in [1.29, 1.82) is 0 Å². The zero-order valence-electron chi connectivity index (χ0n) is 19.3. The van der Waals surface area contributed by atoms with Crippen molar-refractivity contribution in [2.24, 2.45) is 0 Å². The third-order valence-electron chi connectivity index (χ3n) is 5.67. The topological polar surface area (TPSA) is 103 Å². The molecule has 9 heteroatoms. The van der Waals surface area contributed by atoms with Gasteiger partial charge in [0.1, 0.15) is 5.58 Å². The molecule has 0 spiro atoms. The molecule has 0 saturated heterocycles. The quantitative estimate of drug-likeness (QED) is 0.140. The first-order valence-electron chi connectivity index (χ1n) is 11.8. The number of para-hydroxylation sites is 1. The summed E-state index contributed by atoms with van der Waals surface area (Å²) in [6, 6.07) is 7.86. The van der Waals surface area contributed by atoms with E-state index in [0.717, 1.165) is 19.3 Å². The molecule has 34 heavy (non-hydrogen) atoms. The maximum Gasteiger partial charge on any atom is 0.446 e. The van der Waals surface area contributed by atoms with Crippen LogP contribution in [0.3, 0.4) is 0 Å². The Balaban J connectivity index is 1.72. The van der Waals surface area contributed by atoms with Crippen LogP contribution in [-0.2, 0) is 10.4 Å². The third-order valence-corrected chi connectivity index (χ3v) is 6.44. The maximum atomic E-state index is 13.1. The third kappa shape index (κ3) is 7.10. The van der Waals surface area contributed by atoms with E-state index in [1.54, 1.807) is 24.3 Å². The van der Waals surface area contributed by atoms with Crippen molar-refractivity contribution in [2.75, 3.05) is 6.61 Å². The van der Waals surface area contributed by atoms with E-state index in [9.17, 15) is 13.2 Å². The number of unbranched alkanes of at least 4 members (excludes halogenated alkanes) is 9. The van der Waals surface area contributed by atoms with E-state index in [1.807, 2.05) is 0 Å². The predicted octanol–water partition coefficient (Wildman–Crippen LogP) is 7.08. The van der Waals surface area contributed by atoms with Crippen molar-refractivity contribution in [3.8, 4) is 11.5 Å². The Morgan fingerprint density at radius 1 is 0.941 bits per heavy atom. The summed E-state index contributed by atoms with van der Waals surface area (Å²) in [5.74, 6) is -0.283. The fraction of sp³-hybridized carbons (Fsp3) is 0.480. The molecule has 0 radical (unpaired) electrons. The normalized spacial score (nSPS) is 11.9. The molecule has 0 atom stereocenters. The first-order chi connectivity index (χ1) is 16.3. The van der Waals surface area contributed by atoms with Crippen molar-refractivity contribution in [3.05, 3.63) is 45.6 Å². The average molecular weight is 511 g/mol. The van der Waals surface area contributed by atoms with Crippen LogP contribution in [0.5, 0.6) is 11.5 Å². The fourth-order valence-electron chi connectivity index (χ4n) is 3.94. The lowest BCUT2D eigenvalue weighted by molar-refractivity contribution is 0.302. The van der Waals surface area contributed by atoms with Gasteiger partial charge in [0, 0.05) is 6.07 Å². The molecule has 0 bridgehead atoms. The molecule has 0 amide bonds. The minimum absolute atomic E-state index is 0.0698. The number of halogens is 1. The molecule has 0 aliphatic rings. The lowest BCUT2D eigenvalue weighted by Crippen LogP contribution is -2.10. The van der Waals surface area contributed by atoms with Crippen LogP contribution in [0.2, 0.25) is 5.02 Å². The number of benzene rings is 2. The number of hydrogen-bond donors (Lipinski definition) is 1. The average Bonchev–Trinajstić information content (AvgIpc) is 2.79. The van der Waals surface area contributed by atoms with Crippen LogP contribution in [0.25, 0.3) is 21.9 Å². The number of ether oxygens (including phenoxy) is 1. The van der Waals surface area contributed by atoms with Crippen molar-refractivity contribution >= 4 is 43.9 Å². The molecule has 0 unspecified atom stereocenters. The van der Waals surface area contributed by atoms with Crippen LogP contribution >= 0.6 is 11.6 Å². The molecule has 1 heterocycles. The molecule has 7 nitrogen and oxygen atoms in total. The van der Waals surface area contributed by atoms with Crippen molar-refractivity contribution in [1.82, 2.24) is 0 Å². The van der Waals surface area contributed by atoms with E-state index in [2.05, 4.69) is 11.1 Å². The predicted molar refractivity (Wildman–Crippen MR) is 135 cm³/mol. The summed E-state index contributed by atoms with van der Waals surface area (Å²) in [4.78, 5) is 13.1. The van der Waals surface area contributed by atoms with Crippen LogP contribution in [0.1, 0.15) is 71.1 Å². The highest BCUT2D eigenvalue weighted by atomic mass is 35.5. The van der Waals surface area contributed by atoms with Crippen LogP contribution < -0.4 is 14.3 Å². The Labute approximate surface area is 205 Å². The standard InChI is InChI=1S/C25H31ClO7S/c1-2-3-4-5-6-7-8-9-10-13-16-31-21-17-20(33-34(28,29)30)23(26)22-24(27)18-14-11-12-15-19(18)32-25(21)22/h11-12,14-15,17H,2-10,13,16H2,1H3,(H,28,29,30). The monoisotopic (exact) mass is 510 g/mol. The minimum Gasteiger partial charge on any atom is -0.490 e. The second kappa shape index (κ2) is 12.4. The Morgan fingerprint density at radius 2 is 1.56 bits per heavy atom. The van der Waals surface area contributed by atoms with Gasteiger partial charge in [-0.25, -0.2) is 0 Å². The molecule has 0 saturated carbocycles. The van der Waals surface area contributed by atoms with E-state index < -0.39 is 21.6 Å². The summed E-state index contributed by atoms with van der Waals surface area (Å²) < 4.78 is 48.0. The molecule has 0 aliphatic heterocycles. The molecule has 3 aromatic rings. The zero-order chi connectivity index (χ0) is 24.6. The summed E-state index contributed by atoms with van der Waals surface area (Å²) >= 11 is 6.28. The van der Waals surface area contributed by atoms with Gasteiger partial charge in [-0.3, -0.25) is 9.35 Å². The summed E-state index contributed by atoms with van der Waals surface area (Å²) in [7, 11) is -4.86. The maximum absolute atomic E-state index is 13.1. The van der Waals surface area contributed by atoms with Gasteiger partial charge in [-0.1, -0.05) is 88.4 Å². The lowest BCUT2D eigenvalue weighted by atomic mass is 10.1. The zero-order valence-corrected chi connectivity index (χ0v) is 20.9. The van der Waals surface area contributed by atoms with Crippen LogP contribution in [-0.4, -0.2) is 19.6 Å². The molecule has 1 aromatic heterocycles.